The lowest BCUT2D eigenvalue weighted by Gasteiger charge is -2.26. The van der Waals surface area contributed by atoms with Crippen LogP contribution in [0.2, 0.25) is 0 Å². The molecule has 1 atom stereocenters. The largest absolute Gasteiger partial charge is 0.328 e. The van der Waals surface area contributed by atoms with Gasteiger partial charge in [0.25, 0.3) is 0 Å². The predicted octanol–water partition coefficient (Wildman–Crippen LogP) is 2.40. The maximum Gasteiger partial charge on any atom is 0.0163 e. The molecule has 0 bridgehead atoms. The van der Waals surface area contributed by atoms with E-state index in [0.717, 1.165) is 25.9 Å². The van der Waals surface area contributed by atoms with Gasteiger partial charge >= 0.3 is 0 Å². The highest BCUT2D eigenvalue weighted by Crippen LogP contribution is 2.04. The van der Waals surface area contributed by atoms with Crippen LogP contribution in [0.1, 0.15) is 40.0 Å². The molecule has 0 aliphatic rings. The Kier molecular flexibility index (Phi) is 7.81. The van der Waals surface area contributed by atoms with Gasteiger partial charge in [-0.15, -0.1) is 6.58 Å². The van der Waals surface area contributed by atoms with Crippen molar-refractivity contribution in [3.63, 3.8) is 0 Å². The number of rotatable bonds is 8. The molecule has 0 saturated carbocycles. The molecule has 0 aromatic rings. The third-order valence-electron chi connectivity index (χ3n) is 2.54. The SMILES string of the molecule is C=CCN(CCC(N)CCC)C(C)C. The third kappa shape index (κ3) is 6.17. The molecule has 0 aliphatic heterocycles. The minimum atomic E-state index is 0.367. The van der Waals surface area contributed by atoms with Crippen molar-refractivity contribution in [1.82, 2.24) is 4.90 Å². The summed E-state index contributed by atoms with van der Waals surface area (Å²) in [6.07, 6.45) is 5.38. The molecule has 0 amide bonds. The lowest BCUT2D eigenvalue weighted by Crippen LogP contribution is -2.35. The molecule has 1 unspecified atom stereocenters. The molecule has 0 radical (unpaired) electrons. The van der Waals surface area contributed by atoms with Crippen LogP contribution < -0.4 is 5.73 Å². The zero-order valence-electron chi connectivity index (χ0n) is 10.00. The van der Waals surface area contributed by atoms with Crippen molar-refractivity contribution in [2.24, 2.45) is 5.73 Å². The Labute approximate surface area is 89.2 Å². The molecule has 2 N–H and O–H groups in total. The summed E-state index contributed by atoms with van der Waals surface area (Å²) in [4.78, 5) is 2.41. The monoisotopic (exact) mass is 198 g/mol. The van der Waals surface area contributed by atoms with Crippen LogP contribution in [-0.2, 0) is 0 Å². The quantitative estimate of drug-likeness (QED) is 0.607. The van der Waals surface area contributed by atoms with Gasteiger partial charge in [0.2, 0.25) is 0 Å². The van der Waals surface area contributed by atoms with Crippen LogP contribution >= 0.6 is 0 Å². The van der Waals surface area contributed by atoms with E-state index in [1.807, 2.05) is 6.08 Å². The van der Waals surface area contributed by atoms with E-state index < -0.39 is 0 Å². The first-order valence-electron chi connectivity index (χ1n) is 5.72. The fraction of sp³-hybridized carbons (Fsp3) is 0.833. The van der Waals surface area contributed by atoms with Crippen LogP contribution in [0.15, 0.2) is 12.7 Å². The molecule has 2 nitrogen and oxygen atoms in total. The lowest BCUT2D eigenvalue weighted by molar-refractivity contribution is 0.235. The van der Waals surface area contributed by atoms with Crippen LogP contribution in [-0.4, -0.2) is 30.1 Å². The van der Waals surface area contributed by atoms with E-state index in [2.05, 4.69) is 32.3 Å². The highest BCUT2D eigenvalue weighted by molar-refractivity contribution is 4.76. The van der Waals surface area contributed by atoms with Gasteiger partial charge < -0.3 is 5.73 Å². The number of nitrogens with two attached hydrogens (primary N) is 1. The van der Waals surface area contributed by atoms with Gasteiger partial charge in [0.05, 0.1) is 0 Å². The smallest absolute Gasteiger partial charge is 0.0163 e. The summed E-state index contributed by atoms with van der Waals surface area (Å²) in [6, 6.07) is 0.952. The fourth-order valence-corrected chi connectivity index (χ4v) is 1.57. The van der Waals surface area contributed by atoms with Crippen molar-refractivity contribution < 1.29 is 0 Å². The normalized spacial score (nSPS) is 13.6. The van der Waals surface area contributed by atoms with Crippen molar-refractivity contribution in [2.45, 2.75) is 52.1 Å². The Morgan fingerprint density at radius 3 is 2.43 bits per heavy atom. The van der Waals surface area contributed by atoms with Gasteiger partial charge in [0.15, 0.2) is 0 Å². The van der Waals surface area contributed by atoms with E-state index >= 15 is 0 Å². The van der Waals surface area contributed by atoms with Crippen LogP contribution in [0, 0.1) is 0 Å². The topological polar surface area (TPSA) is 29.3 Å². The Hall–Kier alpha value is -0.340. The Morgan fingerprint density at radius 1 is 1.36 bits per heavy atom. The van der Waals surface area contributed by atoms with Gasteiger partial charge in [-0.1, -0.05) is 19.4 Å². The Morgan fingerprint density at radius 2 is 2.00 bits per heavy atom. The van der Waals surface area contributed by atoms with Gasteiger partial charge in [-0.2, -0.15) is 0 Å². The first-order chi connectivity index (χ1) is 6.61. The van der Waals surface area contributed by atoms with Crippen molar-refractivity contribution in [3.05, 3.63) is 12.7 Å². The average molecular weight is 198 g/mol. The lowest BCUT2D eigenvalue weighted by atomic mass is 10.1. The molecule has 0 spiro atoms. The molecular weight excluding hydrogens is 172 g/mol. The van der Waals surface area contributed by atoms with Gasteiger partial charge in [-0.3, -0.25) is 4.90 Å². The second-order valence-electron chi connectivity index (χ2n) is 4.21. The summed E-state index contributed by atoms with van der Waals surface area (Å²) in [5.41, 5.74) is 5.98. The van der Waals surface area contributed by atoms with Gasteiger partial charge in [-0.25, -0.2) is 0 Å². The minimum absolute atomic E-state index is 0.367. The number of hydrogen-bond donors (Lipinski definition) is 1. The van der Waals surface area contributed by atoms with Crippen molar-refractivity contribution in [3.8, 4) is 0 Å². The molecule has 14 heavy (non-hydrogen) atoms. The van der Waals surface area contributed by atoms with E-state index in [1.54, 1.807) is 0 Å². The van der Waals surface area contributed by atoms with Gasteiger partial charge in [0, 0.05) is 25.2 Å². The van der Waals surface area contributed by atoms with E-state index in [1.165, 1.54) is 6.42 Å². The van der Waals surface area contributed by atoms with E-state index in [-0.39, 0.29) is 0 Å². The summed E-state index contributed by atoms with van der Waals surface area (Å²) in [7, 11) is 0. The highest BCUT2D eigenvalue weighted by atomic mass is 15.1. The van der Waals surface area contributed by atoms with Crippen LogP contribution in [0.5, 0.6) is 0 Å². The second kappa shape index (κ2) is 8.01. The van der Waals surface area contributed by atoms with E-state index in [9.17, 15) is 0 Å². The van der Waals surface area contributed by atoms with Crippen molar-refractivity contribution in [2.75, 3.05) is 13.1 Å². The summed E-state index contributed by atoms with van der Waals surface area (Å²) in [5, 5.41) is 0. The molecule has 0 fully saturated rings. The first-order valence-corrected chi connectivity index (χ1v) is 5.72. The summed E-state index contributed by atoms with van der Waals surface area (Å²) in [5.74, 6) is 0. The van der Waals surface area contributed by atoms with E-state index in [0.29, 0.717) is 12.1 Å². The summed E-state index contributed by atoms with van der Waals surface area (Å²) in [6.45, 7) is 12.4. The molecule has 84 valence electrons. The summed E-state index contributed by atoms with van der Waals surface area (Å²) < 4.78 is 0. The molecule has 0 heterocycles. The molecule has 0 rings (SSSR count). The maximum atomic E-state index is 5.98. The summed E-state index contributed by atoms with van der Waals surface area (Å²) >= 11 is 0. The fourth-order valence-electron chi connectivity index (χ4n) is 1.57. The zero-order valence-corrected chi connectivity index (χ0v) is 10.00. The van der Waals surface area contributed by atoms with Crippen LogP contribution in [0.25, 0.3) is 0 Å². The Bertz CT molecular complexity index is 143. The Balaban J connectivity index is 3.74. The maximum absolute atomic E-state index is 5.98. The van der Waals surface area contributed by atoms with Gasteiger partial charge in [-0.05, 0) is 26.7 Å². The minimum Gasteiger partial charge on any atom is -0.328 e. The standard InChI is InChI=1S/C12H26N2/c1-5-7-12(13)8-10-14(9-6-2)11(3)4/h6,11-12H,2,5,7-10,13H2,1,3-4H3. The molecule has 2 heteroatoms. The van der Waals surface area contributed by atoms with E-state index in [4.69, 9.17) is 5.73 Å². The van der Waals surface area contributed by atoms with Gasteiger partial charge in [0.1, 0.15) is 0 Å². The van der Waals surface area contributed by atoms with Crippen molar-refractivity contribution >= 4 is 0 Å². The zero-order chi connectivity index (χ0) is 11.0. The number of nitrogens with zero attached hydrogens (tertiary/aromatic N) is 1. The predicted molar refractivity (Wildman–Crippen MR) is 64.4 cm³/mol. The molecule has 0 saturated heterocycles. The van der Waals surface area contributed by atoms with Crippen molar-refractivity contribution in [1.29, 1.82) is 0 Å². The molecule has 0 aromatic heterocycles. The van der Waals surface area contributed by atoms with Crippen LogP contribution in [0.4, 0.5) is 0 Å². The second-order valence-corrected chi connectivity index (χ2v) is 4.21. The molecule has 0 aliphatic carbocycles. The number of hydrogen-bond acceptors (Lipinski definition) is 2. The average Bonchev–Trinajstić information content (AvgIpc) is 2.12. The third-order valence-corrected chi connectivity index (χ3v) is 2.54. The highest BCUT2D eigenvalue weighted by Gasteiger charge is 2.09. The molecular formula is C12H26N2. The first kappa shape index (κ1) is 13.7. The molecule has 0 aromatic carbocycles. The van der Waals surface area contributed by atoms with Crippen LogP contribution in [0.3, 0.4) is 0 Å².